The summed E-state index contributed by atoms with van der Waals surface area (Å²) in [7, 11) is 2.19. The van der Waals surface area contributed by atoms with Crippen molar-refractivity contribution < 1.29 is 4.42 Å². The van der Waals surface area contributed by atoms with Gasteiger partial charge in [-0.05, 0) is 39.1 Å². The van der Waals surface area contributed by atoms with Crippen LogP contribution >= 0.6 is 0 Å². The van der Waals surface area contributed by atoms with Crippen LogP contribution in [0.2, 0.25) is 0 Å². The second-order valence-corrected chi connectivity index (χ2v) is 6.14. The predicted octanol–water partition coefficient (Wildman–Crippen LogP) is 2.46. The maximum atomic E-state index is 6.09. The van der Waals surface area contributed by atoms with E-state index in [4.69, 9.17) is 10.2 Å². The van der Waals surface area contributed by atoms with E-state index in [0.29, 0.717) is 12.6 Å². The monoisotopic (exact) mass is 287 g/mol. The number of nitrogens with zero attached hydrogens (tertiary/aromatic N) is 2. The number of hydrogen-bond acceptors (Lipinski definition) is 4. The van der Waals surface area contributed by atoms with E-state index in [1.165, 1.54) is 6.42 Å². The average Bonchev–Trinajstić information content (AvgIpc) is 2.82. The van der Waals surface area contributed by atoms with E-state index in [0.717, 1.165) is 36.4 Å². The van der Waals surface area contributed by atoms with Gasteiger partial charge in [0.05, 0.1) is 6.04 Å². The number of likely N-dealkylation sites (N-methyl/N-ethyl adjacent to an activating group) is 1. The number of hydrogen-bond donors (Lipinski definition) is 1. The van der Waals surface area contributed by atoms with Gasteiger partial charge in [-0.1, -0.05) is 18.2 Å². The smallest absolute Gasteiger partial charge is 0.134 e. The molecule has 0 saturated carbocycles. The Hall–Kier alpha value is -1.36. The number of para-hydroxylation sites is 1. The number of fused-ring (bicyclic) bond motifs is 1. The summed E-state index contributed by atoms with van der Waals surface area (Å²) in [6, 6.07) is 11.0. The first-order valence-corrected chi connectivity index (χ1v) is 7.82. The summed E-state index contributed by atoms with van der Waals surface area (Å²) in [5.41, 5.74) is 7.04. The second-order valence-electron chi connectivity index (χ2n) is 6.14. The van der Waals surface area contributed by atoms with E-state index in [-0.39, 0.29) is 6.04 Å². The molecule has 21 heavy (non-hydrogen) atoms. The summed E-state index contributed by atoms with van der Waals surface area (Å²) in [5.74, 6) is 0.995. The summed E-state index contributed by atoms with van der Waals surface area (Å²) < 4.78 is 6.06. The van der Waals surface area contributed by atoms with E-state index < -0.39 is 0 Å². The molecule has 0 spiro atoms. The van der Waals surface area contributed by atoms with Crippen LogP contribution in [0, 0.1) is 0 Å². The fourth-order valence-electron chi connectivity index (χ4n) is 3.44. The molecular formula is C17H25N3O. The van der Waals surface area contributed by atoms with Crippen LogP contribution in [-0.2, 0) is 0 Å². The molecule has 2 aromatic rings. The van der Waals surface area contributed by atoms with Gasteiger partial charge in [0, 0.05) is 31.1 Å². The Kier molecular flexibility index (Phi) is 4.29. The van der Waals surface area contributed by atoms with E-state index in [2.05, 4.69) is 35.9 Å². The molecule has 114 valence electrons. The van der Waals surface area contributed by atoms with Gasteiger partial charge < -0.3 is 15.1 Å². The van der Waals surface area contributed by atoms with Crippen LogP contribution in [0.3, 0.4) is 0 Å². The van der Waals surface area contributed by atoms with Crippen LogP contribution in [-0.4, -0.2) is 49.1 Å². The molecule has 2 unspecified atom stereocenters. The molecule has 2 heterocycles. The molecule has 1 saturated heterocycles. The average molecular weight is 287 g/mol. The first-order valence-electron chi connectivity index (χ1n) is 7.82. The molecule has 2 atom stereocenters. The van der Waals surface area contributed by atoms with Gasteiger partial charge in [-0.3, -0.25) is 4.90 Å². The number of benzene rings is 1. The summed E-state index contributed by atoms with van der Waals surface area (Å²) in [4.78, 5) is 4.90. The van der Waals surface area contributed by atoms with Gasteiger partial charge in [-0.25, -0.2) is 0 Å². The molecular weight excluding hydrogens is 262 g/mol. The van der Waals surface area contributed by atoms with Gasteiger partial charge in [0.15, 0.2) is 0 Å². The zero-order chi connectivity index (χ0) is 14.8. The molecule has 4 heteroatoms. The Morgan fingerprint density at radius 1 is 1.33 bits per heavy atom. The van der Waals surface area contributed by atoms with E-state index in [1.807, 2.05) is 18.2 Å². The van der Waals surface area contributed by atoms with Crippen LogP contribution in [0.25, 0.3) is 11.0 Å². The van der Waals surface area contributed by atoms with E-state index in [1.54, 1.807) is 0 Å². The summed E-state index contributed by atoms with van der Waals surface area (Å²) in [6.45, 7) is 6.18. The molecule has 0 bridgehead atoms. The number of rotatable bonds is 3. The fraction of sp³-hybridized carbons (Fsp3) is 0.529. The Labute approximate surface area is 126 Å². The van der Waals surface area contributed by atoms with Crippen LogP contribution in [0.1, 0.15) is 25.1 Å². The van der Waals surface area contributed by atoms with Gasteiger partial charge in [-0.15, -0.1) is 0 Å². The van der Waals surface area contributed by atoms with Crippen molar-refractivity contribution in [1.82, 2.24) is 9.80 Å². The summed E-state index contributed by atoms with van der Waals surface area (Å²) in [6.07, 6.45) is 1.18. The first-order chi connectivity index (χ1) is 10.2. The van der Waals surface area contributed by atoms with Crippen molar-refractivity contribution in [2.24, 2.45) is 5.73 Å². The SMILES string of the molecule is CC1CN(C)CCCN1C(CN)c1cc2ccccc2o1. The summed E-state index contributed by atoms with van der Waals surface area (Å²) >= 11 is 0. The Balaban J connectivity index is 1.89. The summed E-state index contributed by atoms with van der Waals surface area (Å²) in [5, 5.41) is 1.16. The third-order valence-electron chi connectivity index (χ3n) is 4.49. The topological polar surface area (TPSA) is 45.6 Å². The molecule has 0 radical (unpaired) electrons. The van der Waals surface area contributed by atoms with E-state index in [9.17, 15) is 0 Å². The molecule has 1 aliphatic rings. The minimum absolute atomic E-state index is 0.166. The van der Waals surface area contributed by atoms with Gasteiger partial charge >= 0.3 is 0 Å². The third kappa shape index (κ3) is 2.98. The highest BCUT2D eigenvalue weighted by atomic mass is 16.3. The maximum Gasteiger partial charge on any atom is 0.134 e. The van der Waals surface area contributed by atoms with Crippen LogP contribution in [0.15, 0.2) is 34.7 Å². The van der Waals surface area contributed by atoms with Crippen molar-refractivity contribution in [3.63, 3.8) is 0 Å². The molecule has 3 rings (SSSR count). The van der Waals surface area contributed by atoms with Crippen LogP contribution in [0.5, 0.6) is 0 Å². The Morgan fingerprint density at radius 2 is 2.14 bits per heavy atom. The molecule has 1 fully saturated rings. The van der Waals surface area contributed by atoms with Crippen molar-refractivity contribution in [1.29, 1.82) is 0 Å². The van der Waals surface area contributed by atoms with Crippen molar-refractivity contribution >= 4 is 11.0 Å². The van der Waals surface area contributed by atoms with Gasteiger partial charge in [0.25, 0.3) is 0 Å². The molecule has 0 aliphatic carbocycles. The molecule has 0 amide bonds. The molecule has 2 N–H and O–H groups in total. The number of nitrogens with two attached hydrogens (primary N) is 1. The maximum absolute atomic E-state index is 6.09. The first kappa shape index (κ1) is 14.6. The van der Waals surface area contributed by atoms with Crippen LogP contribution in [0.4, 0.5) is 0 Å². The lowest BCUT2D eigenvalue weighted by Gasteiger charge is -2.33. The number of furan rings is 1. The lowest BCUT2D eigenvalue weighted by atomic mass is 10.1. The molecule has 1 aromatic heterocycles. The normalized spacial score (nSPS) is 23.3. The Morgan fingerprint density at radius 3 is 2.90 bits per heavy atom. The van der Waals surface area contributed by atoms with E-state index >= 15 is 0 Å². The highest BCUT2D eigenvalue weighted by Crippen LogP contribution is 2.29. The minimum Gasteiger partial charge on any atom is -0.459 e. The van der Waals surface area contributed by atoms with Crippen molar-refractivity contribution in [2.75, 3.05) is 33.2 Å². The quantitative estimate of drug-likeness (QED) is 0.942. The zero-order valence-electron chi connectivity index (χ0n) is 13.0. The van der Waals surface area contributed by atoms with Gasteiger partial charge in [0.2, 0.25) is 0 Å². The molecule has 1 aromatic carbocycles. The van der Waals surface area contributed by atoms with Crippen molar-refractivity contribution in [3.05, 3.63) is 36.1 Å². The lowest BCUT2D eigenvalue weighted by molar-refractivity contribution is 0.132. The largest absolute Gasteiger partial charge is 0.459 e. The lowest BCUT2D eigenvalue weighted by Crippen LogP contribution is -2.42. The second kappa shape index (κ2) is 6.18. The van der Waals surface area contributed by atoms with Crippen LogP contribution < -0.4 is 5.73 Å². The Bertz CT molecular complexity index is 561. The highest BCUT2D eigenvalue weighted by Gasteiger charge is 2.28. The minimum atomic E-state index is 0.166. The third-order valence-corrected chi connectivity index (χ3v) is 4.49. The van der Waals surface area contributed by atoms with Gasteiger partial charge in [0.1, 0.15) is 11.3 Å². The van der Waals surface area contributed by atoms with Crippen molar-refractivity contribution in [3.8, 4) is 0 Å². The fourth-order valence-corrected chi connectivity index (χ4v) is 3.44. The van der Waals surface area contributed by atoms with Gasteiger partial charge in [-0.2, -0.15) is 0 Å². The standard InChI is InChI=1S/C17H25N3O/c1-13-12-19(2)8-5-9-20(13)15(11-18)17-10-14-6-3-4-7-16(14)21-17/h3-4,6-7,10,13,15H,5,8-9,11-12,18H2,1-2H3. The highest BCUT2D eigenvalue weighted by molar-refractivity contribution is 5.77. The molecule has 4 nitrogen and oxygen atoms in total. The zero-order valence-corrected chi connectivity index (χ0v) is 13.0. The van der Waals surface area contributed by atoms with Crippen molar-refractivity contribution in [2.45, 2.75) is 25.4 Å². The molecule has 1 aliphatic heterocycles. The predicted molar refractivity (Wildman–Crippen MR) is 86.3 cm³/mol.